The third kappa shape index (κ3) is 3.15. The van der Waals surface area contributed by atoms with E-state index in [0.29, 0.717) is 23.2 Å². The first-order chi connectivity index (χ1) is 12.6. The van der Waals surface area contributed by atoms with Crippen LogP contribution in [0.1, 0.15) is 104 Å². The van der Waals surface area contributed by atoms with E-state index in [2.05, 4.69) is 20.3 Å². The lowest BCUT2D eigenvalue weighted by Crippen LogP contribution is -2.31. The minimum absolute atomic E-state index is 0.0334. The van der Waals surface area contributed by atoms with Crippen molar-refractivity contribution in [2.24, 2.45) is 0 Å². The summed E-state index contributed by atoms with van der Waals surface area (Å²) in [6.07, 6.45) is 9.51. The molecule has 1 atom stereocenters. The zero-order valence-corrected chi connectivity index (χ0v) is 15.6. The standard InChI is InChI=1S/C19H27N5O2/c1-12(2)17-21-18(26-23-17)15-9-6-10-24(15)19(25)14-11-20-22-16(14)13-7-4-3-5-8-13/h11-13,15H,3-10H2,1-2H3,(H,20,22)/t15-/m1/s1. The van der Waals surface area contributed by atoms with Crippen LogP contribution in [0.15, 0.2) is 10.7 Å². The van der Waals surface area contributed by atoms with E-state index in [1.165, 1.54) is 19.3 Å². The fraction of sp³-hybridized carbons (Fsp3) is 0.684. The maximum Gasteiger partial charge on any atom is 0.258 e. The van der Waals surface area contributed by atoms with Crippen LogP contribution in [-0.4, -0.2) is 37.7 Å². The number of hydrogen-bond donors (Lipinski definition) is 1. The Kier molecular flexibility index (Phi) is 4.78. The molecule has 1 saturated carbocycles. The van der Waals surface area contributed by atoms with Crippen LogP contribution < -0.4 is 0 Å². The molecular formula is C19H27N5O2. The van der Waals surface area contributed by atoms with E-state index in [1.54, 1.807) is 6.20 Å². The highest BCUT2D eigenvalue weighted by atomic mass is 16.5. The molecule has 7 nitrogen and oxygen atoms in total. The first kappa shape index (κ1) is 17.2. The molecule has 2 aromatic heterocycles. The Morgan fingerprint density at radius 2 is 2.04 bits per heavy atom. The summed E-state index contributed by atoms with van der Waals surface area (Å²) in [4.78, 5) is 19.7. The summed E-state index contributed by atoms with van der Waals surface area (Å²) >= 11 is 0. The fourth-order valence-corrected chi connectivity index (χ4v) is 4.21. The van der Waals surface area contributed by atoms with Crippen LogP contribution in [-0.2, 0) is 0 Å². The molecule has 2 aliphatic rings. The number of nitrogens with one attached hydrogen (secondary N) is 1. The molecule has 1 N–H and O–H groups in total. The van der Waals surface area contributed by atoms with Crippen molar-refractivity contribution in [3.8, 4) is 0 Å². The van der Waals surface area contributed by atoms with Crippen molar-refractivity contribution in [3.63, 3.8) is 0 Å². The Balaban J connectivity index is 1.56. The topological polar surface area (TPSA) is 87.9 Å². The SMILES string of the molecule is CC(C)c1noc([C@H]2CCCN2C(=O)c2cn[nH]c2C2CCCCC2)n1. The molecular weight excluding hydrogens is 330 g/mol. The number of hydrogen-bond acceptors (Lipinski definition) is 5. The van der Waals surface area contributed by atoms with E-state index in [1.807, 2.05) is 18.7 Å². The molecule has 1 amide bonds. The zero-order chi connectivity index (χ0) is 18.1. The van der Waals surface area contributed by atoms with Crippen molar-refractivity contribution in [3.05, 3.63) is 29.2 Å². The van der Waals surface area contributed by atoms with Gasteiger partial charge in [-0.3, -0.25) is 9.89 Å². The van der Waals surface area contributed by atoms with E-state index >= 15 is 0 Å². The quantitative estimate of drug-likeness (QED) is 0.895. The van der Waals surface area contributed by atoms with Gasteiger partial charge in [0.15, 0.2) is 5.82 Å². The number of H-pyrrole nitrogens is 1. The van der Waals surface area contributed by atoms with Gasteiger partial charge in [-0.15, -0.1) is 0 Å². The molecule has 2 aromatic rings. The molecule has 26 heavy (non-hydrogen) atoms. The maximum absolute atomic E-state index is 13.3. The smallest absolute Gasteiger partial charge is 0.258 e. The van der Waals surface area contributed by atoms with Gasteiger partial charge in [-0.25, -0.2) is 0 Å². The maximum atomic E-state index is 13.3. The third-order valence-corrected chi connectivity index (χ3v) is 5.69. The molecule has 0 bridgehead atoms. The molecule has 0 aromatic carbocycles. The number of nitrogens with zero attached hydrogens (tertiary/aromatic N) is 4. The fourth-order valence-electron chi connectivity index (χ4n) is 4.21. The largest absolute Gasteiger partial charge is 0.337 e. The first-order valence-electron chi connectivity index (χ1n) is 9.83. The molecule has 140 valence electrons. The molecule has 0 spiro atoms. The van der Waals surface area contributed by atoms with Crippen molar-refractivity contribution in [1.82, 2.24) is 25.2 Å². The lowest BCUT2D eigenvalue weighted by molar-refractivity contribution is 0.0708. The predicted octanol–water partition coefficient (Wildman–Crippen LogP) is 3.94. The van der Waals surface area contributed by atoms with Crippen LogP contribution >= 0.6 is 0 Å². The van der Waals surface area contributed by atoms with Gasteiger partial charge in [-0.2, -0.15) is 10.1 Å². The van der Waals surface area contributed by atoms with Gasteiger partial charge in [-0.05, 0) is 25.7 Å². The Labute approximate surface area is 153 Å². The van der Waals surface area contributed by atoms with Gasteiger partial charge < -0.3 is 9.42 Å². The molecule has 4 rings (SSSR count). The van der Waals surface area contributed by atoms with Crippen molar-refractivity contribution in [2.45, 2.75) is 76.7 Å². The van der Waals surface area contributed by atoms with Gasteiger partial charge >= 0.3 is 0 Å². The molecule has 7 heteroatoms. The summed E-state index contributed by atoms with van der Waals surface area (Å²) < 4.78 is 5.48. The number of rotatable bonds is 4. The zero-order valence-electron chi connectivity index (χ0n) is 15.6. The highest BCUT2D eigenvalue weighted by Crippen LogP contribution is 2.36. The van der Waals surface area contributed by atoms with Crippen molar-refractivity contribution in [1.29, 1.82) is 0 Å². The second-order valence-electron chi connectivity index (χ2n) is 7.83. The Hall–Kier alpha value is -2.18. The average molecular weight is 357 g/mol. The van der Waals surface area contributed by atoms with Crippen LogP contribution in [0.2, 0.25) is 0 Å². The molecule has 2 fully saturated rings. The molecule has 0 unspecified atom stereocenters. The van der Waals surface area contributed by atoms with Crippen LogP contribution in [0, 0.1) is 0 Å². The number of carbonyl (C=O) groups is 1. The summed E-state index contributed by atoms with van der Waals surface area (Å²) in [6, 6.07) is -0.128. The summed E-state index contributed by atoms with van der Waals surface area (Å²) in [5.41, 5.74) is 1.72. The Bertz CT molecular complexity index is 760. The predicted molar refractivity (Wildman–Crippen MR) is 95.8 cm³/mol. The monoisotopic (exact) mass is 357 g/mol. The van der Waals surface area contributed by atoms with Crippen molar-refractivity contribution in [2.75, 3.05) is 6.54 Å². The average Bonchev–Trinajstić information content (AvgIpc) is 3.41. The molecule has 1 aliphatic heterocycles. The van der Waals surface area contributed by atoms with Gasteiger partial charge in [-0.1, -0.05) is 38.3 Å². The van der Waals surface area contributed by atoms with Gasteiger partial charge in [0, 0.05) is 18.4 Å². The molecule has 3 heterocycles. The lowest BCUT2D eigenvalue weighted by atomic mass is 9.85. The minimum Gasteiger partial charge on any atom is -0.337 e. The number of amides is 1. The van der Waals surface area contributed by atoms with Crippen molar-refractivity contribution < 1.29 is 9.32 Å². The van der Waals surface area contributed by atoms with Crippen LogP contribution in [0.4, 0.5) is 0 Å². The summed E-state index contributed by atoms with van der Waals surface area (Å²) in [6.45, 7) is 4.79. The van der Waals surface area contributed by atoms with Gasteiger partial charge in [0.05, 0.1) is 17.5 Å². The first-order valence-corrected chi connectivity index (χ1v) is 9.83. The minimum atomic E-state index is -0.128. The number of aromatic amines is 1. The molecule has 1 saturated heterocycles. The second kappa shape index (κ2) is 7.21. The Morgan fingerprint density at radius 1 is 1.23 bits per heavy atom. The second-order valence-corrected chi connectivity index (χ2v) is 7.83. The van der Waals surface area contributed by atoms with Crippen LogP contribution in [0.5, 0.6) is 0 Å². The normalized spacial score (nSPS) is 21.7. The third-order valence-electron chi connectivity index (χ3n) is 5.69. The van der Waals surface area contributed by atoms with Gasteiger partial charge in [0.1, 0.15) is 6.04 Å². The van der Waals surface area contributed by atoms with E-state index in [9.17, 15) is 4.79 Å². The lowest BCUT2D eigenvalue weighted by Gasteiger charge is -2.25. The summed E-state index contributed by atoms with van der Waals surface area (Å²) in [7, 11) is 0. The van der Waals surface area contributed by atoms with Crippen molar-refractivity contribution >= 4 is 5.91 Å². The van der Waals surface area contributed by atoms with Gasteiger partial charge in [0.2, 0.25) is 5.89 Å². The number of carbonyl (C=O) groups excluding carboxylic acids is 1. The van der Waals surface area contributed by atoms with E-state index in [-0.39, 0.29) is 17.9 Å². The molecule has 1 aliphatic carbocycles. The number of aromatic nitrogens is 4. The van der Waals surface area contributed by atoms with E-state index in [0.717, 1.165) is 37.9 Å². The summed E-state index contributed by atoms with van der Waals surface area (Å²) in [5.74, 6) is 1.92. The van der Waals surface area contributed by atoms with E-state index < -0.39 is 0 Å². The summed E-state index contributed by atoms with van der Waals surface area (Å²) in [5, 5.41) is 11.4. The van der Waals surface area contributed by atoms with Gasteiger partial charge in [0.25, 0.3) is 5.91 Å². The highest BCUT2D eigenvalue weighted by molar-refractivity contribution is 5.95. The highest BCUT2D eigenvalue weighted by Gasteiger charge is 2.36. The van der Waals surface area contributed by atoms with E-state index in [4.69, 9.17) is 4.52 Å². The Morgan fingerprint density at radius 3 is 2.77 bits per heavy atom. The number of likely N-dealkylation sites (tertiary alicyclic amines) is 1. The van der Waals surface area contributed by atoms with Crippen LogP contribution in [0.25, 0.3) is 0 Å². The van der Waals surface area contributed by atoms with Crippen LogP contribution in [0.3, 0.4) is 0 Å². The molecule has 0 radical (unpaired) electrons.